The highest BCUT2D eigenvalue weighted by Gasteiger charge is 2.38. The SMILES string of the molecule is Nc1ncccc1CN1C[C@@H](C(=O)O)[C@H](c2cccc(F)c2)C1. The molecule has 6 heteroatoms. The summed E-state index contributed by atoms with van der Waals surface area (Å²) in [5, 5.41) is 9.50. The molecule has 0 spiro atoms. The molecule has 120 valence electrons. The largest absolute Gasteiger partial charge is 0.481 e. The van der Waals surface area contributed by atoms with Gasteiger partial charge in [-0.2, -0.15) is 0 Å². The molecule has 3 rings (SSSR count). The van der Waals surface area contributed by atoms with E-state index in [1.165, 1.54) is 12.1 Å². The van der Waals surface area contributed by atoms with E-state index in [0.717, 1.165) is 11.1 Å². The van der Waals surface area contributed by atoms with E-state index in [1.54, 1.807) is 24.4 Å². The number of hydrogen-bond donors (Lipinski definition) is 2. The molecule has 1 aromatic carbocycles. The van der Waals surface area contributed by atoms with Crippen molar-refractivity contribution in [1.82, 2.24) is 9.88 Å². The third kappa shape index (κ3) is 3.32. The lowest BCUT2D eigenvalue weighted by molar-refractivity contribution is -0.141. The first-order valence-electron chi connectivity index (χ1n) is 7.44. The maximum atomic E-state index is 13.5. The summed E-state index contributed by atoms with van der Waals surface area (Å²) in [6.07, 6.45) is 1.62. The lowest BCUT2D eigenvalue weighted by Gasteiger charge is -2.17. The van der Waals surface area contributed by atoms with Crippen LogP contribution in [-0.2, 0) is 11.3 Å². The molecule has 0 unspecified atom stereocenters. The zero-order valence-corrected chi connectivity index (χ0v) is 12.5. The second-order valence-electron chi connectivity index (χ2n) is 5.85. The molecule has 0 bridgehead atoms. The van der Waals surface area contributed by atoms with E-state index in [4.69, 9.17) is 5.73 Å². The van der Waals surface area contributed by atoms with Gasteiger partial charge in [-0.15, -0.1) is 0 Å². The zero-order chi connectivity index (χ0) is 16.4. The van der Waals surface area contributed by atoms with E-state index in [1.807, 2.05) is 11.0 Å². The van der Waals surface area contributed by atoms with Gasteiger partial charge < -0.3 is 10.8 Å². The second kappa shape index (κ2) is 6.34. The van der Waals surface area contributed by atoms with Crippen molar-refractivity contribution in [3.05, 3.63) is 59.5 Å². The molecule has 1 aliphatic heterocycles. The number of nitrogens with zero attached hydrogens (tertiary/aromatic N) is 2. The Balaban J connectivity index is 1.81. The summed E-state index contributed by atoms with van der Waals surface area (Å²) in [5.74, 6) is -1.55. The first-order valence-corrected chi connectivity index (χ1v) is 7.44. The van der Waals surface area contributed by atoms with Crippen molar-refractivity contribution in [2.24, 2.45) is 5.92 Å². The van der Waals surface area contributed by atoms with Crippen LogP contribution in [0.3, 0.4) is 0 Å². The van der Waals surface area contributed by atoms with E-state index in [-0.39, 0.29) is 11.7 Å². The molecule has 0 radical (unpaired) electrons. The van der Waals surface area contributed by atoms with Crippen LogP contribution in [0.5, 0.6) is 0 Å². The molecule has 0 saturated carbocycles. The summed E-state index contributed by atoms with van der Waals surface area (Å²) in [5.41, 5.74) is 7.45. The molecule has 2 atom stereocenters. The van der Waals surface area contributed by atoms with Crippen LogP contribution in [0, 0.1) is 11.7 Å². The summed E-state index contributed by atoms with van der Waals surface area (Å²) >= 11 is 0. The molecule has 23 heavy (non-hydrogen) atoms. The average Bonchev–Trinajstić information content (AvgIpc) is 2.94. The summed E-state index contributed by atoms with van der Waals surface area (Å²) in [6.45, 7) is 1.49. The lowest BCUT2D eigenvalue weighted by Crippen LogP contribution is -2.23. The number of carboxylic acid groups (broad SMARTS) is 1. The Morgan fingerprint density at radius 1 is 1.35 bits per heavy atom. The van der Waals surface area contributed by atoms with Gasteiger partial charge >= 0.3 is 5.97 Å². The Bertz CT molecular complexity index is 722. The Morgan fingerprint density at radius 3 is 2.87 bits per heavy atom. The second-order valence-corrected chi connectivity index (χ2v) is 5.85. The quantitative estimate of drug-likeness (QED) is 0.903. The fourth-order valence-corrected chi connectivity index (χ4v) is 3.17. The third-order valence-electron chi connectivity index (χ3n) is 4.31. The van der Waals surface area contributed by atoms with Crippen molar-refractivity contribution >= 4 is 11.8 Å². The molecule has 2 aromatic rings. The van der Waals surface area contributed by atoms with E-state index >= 15 is 0 Å². The van der Waals surface area contributed by atoms with Gasteiger partial charge in [0.25, 0.3) is 0 Å². The monoisotopic (exact) mass is 315 g/mol. The molecule has 5 nitrogen and oxygen atoms in total. The average molecular weight is 315 g/mol. The van der Waals surface area contributed by atoms with Gasteiger partial charge in [0.1, 0.15) is 11.6 Å². The van der Waals surface area contributed by atoms with Crippen molar-refractivity contribution in [3.63, 3.8) is 0 Å². The van der Waals surface area contributed by atoms with E-state index < -0.39 is 11.9 Å². The number of aliphatic carboxylic acids is 1. The number of carbonyl (C=O) groups is 1. The van der Waals surface area contributed by atoms with E-state index in [0.29, 0.717) is 25.5 Å². The van der Waals surface area contributed by atoms with Crippen molar-refractivity contribution in [2.75, 3.05) is 18.8 Å². The highest BCUT2D eigenvalue weighted by molar-refractivity contribution is 5.72. The van der Waals surface area contributed by atoms with Crippen molar-refractivity contribution < 1.29 is 14.3 Å². The van der Waals surface area contributed by atoms with Crippen LogP contribution in [0.1, 0.15) is 17.0 Å². The number of hydrogen-bond acceptors (Lipinski definition) is 4. The van der Waals surface area contributed by atoms with Crippen molar-refractivity contribution in [2.45, 2.75) is 12.5 Å². The first kappa shape index (κ1) is 15.4. The maximum Gasteiger partial charge on any atom is 0.308 e. The summed E-state index contributed by atoms with van der Waals surface area (Å²) in [4.78, 5) is 17.7. The van der Waals surface area contributed by atoms with Gasteiger partial charge in [-0.1, -0.05) is 18.2 Å². The number of aromatic nitrogens is 1. The van der Waals surface area contributed by atoms with Gasteiger partial charge in [-0.25, -0.2) is 9.37 Å². The number of benzene rings is 1. The highest BCUT2D eigenvalue weighted by Crippen LogP contribution is 2.34. The fraction of sp³-hybridized carbons (Fsp3) is 0.294. The van der Waals surface area contributed by atoms with Crippen LogP contribution in [0.2, 0.25) is 0 Å². The number of rotatable bonds is 4. The number of anilines is 1. The molecule has 1 fully saturated rings. The van der Waals surface area contributed by atoms with Gasteiger partial charge in [0.15, 0.2) is 0 Å². The van der Waals surface area contributed by atoms with Crippen molar-refractivity contribution in [1.29, 1.82) is 0 Å². The van der Waals surface area contributed by atoms with Crippen LogP contribution in [0.4, 0.5) is 10.2 Å². The third-order valence-corrected chi connectivity index (χ3v) is 4.31. The lowest BCUT2D eigenvalue weighted by atomic mass is 9.89. The predicted octanol–water partition coefficient (Wildman–Crippen LogP) is 2.10. The molecular formula is C17H18FN3O2. The minimum absolute atomic E-state index is 0.235. The van der Waals surface area contributed by atoms with Gasteiger partial charge in [-0.05, 0) is 23.8 Å². The Kier molecular flexibility index (Phi) is 4.25. The van der Waals surface area contributed by atoms with Crippen LogP contribution < -0.4 is 5.73 Å². The van der Waals surface area contributed by atoms with Crippen LogP contribution in [0.15, 0.2) is 42.6 Å². The normalized spacial score (nSPS) is 21.4. The number of likely N-dealkylation sites (tertiary alicyclic amines) is 1. The molecule has 2 heterocycles. The Hall–Kier alpha value is -2.47. The van der Waals surface area contributed by atoms with Gasteiger partial charge in [0, 0.05) is 37.3 Å². The van der Waals surface area contributed by atoms with Crippen LogP contribution in [-0.4, -0.2) is 34.0 Å². The van der Waals surface area contributed by atoms with Gasteiger partial charge in [-0.3, -0.25) is 9.69 Å². The smallest absolute Gasteiger partial charge is 0.308 e. The minimum atomic E-state index is -0.860. The summed E-state index contributed by atoms with van der Waals surface area (Å²) < 4.78 is 13.5. The number of carboxylic acids is 1. The Labute approximate surface area is 133 Å². The van der Waals surface area contributed by atoms with Gasteiger partial charge in [0.2, 0.25) is 0 Å². The molecule has 1 saturated heterocycles. The predicted molar refractivity (Wildman–Crippen MR) is 84.2 cm³/mol. The standard InChI is InChI=1S/C17H18FN3O2/c18-13-5-1-3-11(7-13)14-9-21(10-15(14)17(22)23)8-12-4-2-6-20-16(12)19/h1-7,14-15H,8-10H2,(H2,19,20)(H,22,23)/t14-,15+/m0/s1. The molecule has 0 aliphatic carbocycles. The first-order chi connectivity index (χ1) is 11.0. The van der Waals surface area contributed by atoms with Crippen molar-refractivity contribution in [3.8, 4) is 0 Å². The number of nitrogen functional groups attached to an aromatic ring is 1. The zero-order valence-electron chi connectivity index (χ0n) is 12.5. The van der Waals surface area contributed by atoms with Crippen LogP contribution in [0.25, 0.3) is 0 Å². The Morgan fingerprint density at radius 2 is 2.17 bits per heavy atom. The van der Waals surface area contributed by atoms with Gasteiger partial charge in [0.05, 0.1) is 5.92 Å². The van der Waals surface area contributed by atoms with E-state index in [9.17, 15) is 14.3 Å². The highest BCUT2D eigenvalue weighted by atomic mass is 19.1. The fourth-order valence-electron chi connectivity index (χ4n) is 3.17. The molecule has 1 aliphatic rings. The molecule has 3 N–H and O–H groups in total. The molecule has 0 amide bonds. The summed E-state index contributed by atoms with van der Waals surface area (Å²) in [7, 11) is 0. The topological polar surface area (TPSA) is 79.5 Å². The molecule has 1 aromatic heterocycles. The molecular weight excluding hydrogens is 297 g/mol. The summed E-state index contributed by atoms with van der Waals surface area (Å²) in [6, 6.07) is 9.87. The number of halogens is 1. The van der Waals surface area contributed by atoms with Crippen LogP contribution >= 0.6 is 0 Å². The maximum absolute atomic E-state index is 13.5. The van der Waals surface area contributed by atoms with E-state index in [2.05, 4.69) is 4.98 Å². The number of nitrogens with two attached hydrogens (primary N) is 1. The minimum Gasteiger partial charge on any atom is -0.481 e. The number of pyridine rings is 1.